The van der Waals surface area contributed by atoms with Crippen molar-refractivity contribution in [2.24, 2.45) is 0 Å². The minimum absolute atomic E-state index is 0.103. The Kier molecular flexibility index (Phi) is 2.70. The Bertz CT molecular complexity index is 662. The molecule has 19 heavy (non-hydrogen) atoms. The number of hydrogen-bond donors (Lipinski definition) is 1. The van der Waals surface area contributed by atoms with E-state index in [0.29, 0.717) is 18.8 Å². The molecule has 0 radical (unpaired) electrons. The number of fused-ring (bicyclic) bond motifs is 1. The first-order chi connectivity index (χ1) is 9.15. The van der Waals surface area contributed by atoms with Crippen molar-refractivity contribution in [3.8, 4) is 0 Å². The number of carbonyl (C=O) groups is 2. The van der Waals surface area contributed by atoms with Gasteiger partial charge in [0.15, 0.2) is 0 Å². The number of rotatable bonds is 1. The lowest BCUT2D eigenvalue weighted by Gasteiger charge is -2.25. The van der Waals surface area contributed by atoms with Crippen LogP contribution in [0, 0.1) is 6.92 Å². The summed E-state index contributed by atoms with van der Waals surface area (Å²) in [6.07, 6.45) is 1.72. The third kappa shape index (κ3) is 2.05. The topological polar surface area (TPSA) is 66.7 Å². The normalized spacial score (nSPS) is 15.6. The van der Waals surface area contributed by atoms with Gasteiger partial charge in [-0.25, -0.2) is 4.98 Å². The summed E-state index contributed by atoms with van der Waals surface area (Å²) in [6, 6.07) is 5.71. The summed E-state index contributed by atoms with van der Waals surface area (Å²) in [6.45, 7) is 3.08. The van der Waals surface area contributed by atoms with E-state index in [-0.39, 0.29) is 18.4 Å². The highest BCUT2D eigenvalue weighted by Gasteiger charge is 2.24. The zero-order chi connectivity index (χ0) is 13.4. The molecule has 1 aliphatic heterocycles. The molecular weight excluding hydrogens is 244 g/mol. The predicted molar refractivity (Wildman–Crippen MR) is 68.8 cm³/mol. The molecule has 0 saturated carbocycles. The lowest BCUT2D eigenvalue weighted by Crippen LogP contribution is -2.50. The first-order valence-electron chi connectivity index (χ1n) is 6.16. The van der Waals surface area contributed by atoms with E-state index in [1.165, 1.54) is 4.90 Å². The van der Waals surface area contributed by atoms with E-state index in [9.17, 15) is 9.59 Å². The Morgan fingerprint density at radius 2 is 2.26 bits per heavy atom. The number of nitrogens with one attached hydrogen (secondary N) is 1. The summed E-state index contributed by atoms with van der Waals surface area (Å²) in [4.78, 5) is 29.4. The quantitative estimate of drug-likeness (QED) is 0.795. The summed E-state index contributed by atoms with van der Waals surface area (Å²) in [7, 11) is 0. The Balaban J connectivity index is 1.93. The molecule has 6 heteroatoms. The molecule has 0 atom stereocenters. The summed E-state index contributed by atoms with van der Waals surface area (Å²) < 4.78 is 1.87. The second kappa shape index (κ2) is 4.38. The van der Waals surface area contributed by atoms with Crippen molar-refractivity contribution >= 4 is 17.5 Å². The molecule has 0 bridgehead atoms. The van der Waals surface area contributed by atoms with E-state index >= 15 is 0 Å². The zero-order valence-electron chi connectivity index (χ0n) is 10.6. The average Bonchev–Trinajstić information content (AvgIpc) is 2.83. The summed E-state index contributed by atoms with van der Waals surface area (Å²) in [5, 5.41) is 2.70. The summed E-state index contributed by atoms with van der Waals surface area (Å²) in [5.74, 6) is -0.322. The van der Waals surface area contributed by atoms with E-state index in [0.717, 1.165) is 11.3 Å². The van der Waals surface area contributed by atoms with Crippen LogP contribution in [0.25, 0.3) is 5.65 Å². The SMILES string of the molecule is Cc1cccc2nc(C(=O)N3CCNC(=O)C3)cn12. The molecule has 2 aromatic heterocycles. The van der Waals surface area contributed by atoms with Crippen molar-refractivity contribution in [3.05, 3.63) is 35.8 Å². The van der Waals surface area contributed by atoms with Gasteiger partial charge in [-0.15, -0.1) is 0 Å². The fourth-order valence-corrected chi connectivity index (χ4v) is 2.23. The highest BCUT2D eigenvalue weighted by atomic mass is 16.2. The number of piperazine rings is 1. The van der Waals surface area contributed by atoms with Crippen LogP contribution in [0.1, 0.15) is 16.2 Å². The third-order valence-electron chi connectivity index (χ3n) is 3.24. The van der Waals surface area contributed by atoms with E-state index in [4.69, 9.17) is 0 Å². The van der Waals surface area contributed by atoms with Gasteiger partial charge in [-0.1, -0.05) is 6.07 Å². The number of aromatic nitrogens is 2. The molecule has 0 aromatic carbocycles. The summed E-state index contributed by atoms with van der Waals surface area (Å²) in [5.41, 5.74) is 2.13. The number of hydrogen-bond acceptors (Lipinski definition) is 3. The standard InChI is InChI=1S/C13H14N4O2/c1-9-3-2-4-11-15-10(7-17(9)11)13(19)16-6-5-14-12(18)8-16/h2-4,7H,5-6,8H2,1H3,(H,14,18). The van der Waals surface area contributed by atoms with Crippen molar-refractivity contribution in [2.75, 3.05) is 19.6 Å². The lowest BCUT2D eigenvalue weighted by molar-refractivity contribution is -0.123. The molecule has 98 valence electrons. The minimum Gasteiger partial charge on any atom is -0.353 e. The number of carbonyl (C=O) groups excluding carboxylic acids is 2. The second-order valence-electron chi connectivity index (χ2n) is 4.60. The Morgan fingerprint density at radius 3 is 3.00 bits per heavy atom. The molecule has 2 amide bonds. The Labute approximate surface area is 110 Å². The molecule has 0 unspecified atom stereocenters. The Hall–Kier alpha value is -2.37. The molecular formula is C13H14N4O2. The number of pyridine rings is 1. The monoisotopic (exact) mass is 258 g/mol. The van der Waals surface area contributed by atoms with Crippen LogP contribution in [0.5, 0.6) is 0 Å². The van der Waals surface area contributed by atoms with Crippen LogP contribution in [0.3, 0.4) is 0 Å². The number of aryl methyl sites for hydroxylation is 1. The molecule has 0 spiro atoms. The first-order valence-corrected chi connectivity index (χ1v) is 6.16. The average molecular weight is 258 g/mol. The molecule has 2 aromatic rings. The zero-order valence-corrected chi connectivity index (χ0v) is 10.6. The fourth-order valence-electron chi connectivity index (χ4n) is 2.23. The minimum atomic E-state index is -0.196. The second-order valence-corrected chi connectivity index (χ2v) is 4.60. The predicted octanol–water partition coefficient (Wildman–Crippen LogP) is 0.215. The highest BCUT2D eigenvalue weighted by molar-refractivity contribution is 5.96. The van der Waals surface area contributed by atoms with Crippen LogP contribution < -0.4 is 5.32 Å². The van der Waals surface area contributed by atoms with Crippen LogP contribution in [0.2, 0.25) is 0 Å². The van der Waals surface area contributed by atoms with Gasteiger partial charge in [0, 0.05) is 25.0 Å². The largest absolute Gasteiger partial charge is 0.353 e. The lowest BCUT2D eigenvalue weighted by atomic mass is 10.3. The summed E-state index contributed by atoms with van der Waals surface area (Å²) >= 11 is 0. The molecule has 1 N–H and O–H groups in total. The van der Waals surface area contributed by atoms with Gasteiger partial charge in [-0.3, -0.25) is 9.59 Å². The van der Waals surface area contributed by atoms with E-state index < -0.39 is 0 Å². The molecule has 1 saturated heterocycles. The van der Waals surface area contributed by atoms with E-state index in [2.05, 4.69) is 10.3 Å². The van der Waals surface area contributed by atoms with E-state index in [1.54, 1.807) is 6.20 Å². The van der Waals surface area contributed by atoms with Crippen molar-refractivity contribution in [1.82, 2.24) is 19.6 Å². The number of nitrogens with zero attached hydrogens (tertiary/aromatic N) is 3. The molecule has 6 nitrogen and oxygen atoms in total. The van der Waals surface area contributed by atoms with Gasteiger partial charge < -0.3 is 14.6 Å². The number of amides is 2. The molecule has 1 fully saturated rings. The van der Waals surface area contributed by atoms with Crippen molar-refractivity contribution in [1.29, 1.82) is 0 Å². The third-order valence-corrected chi connectivity index (χ3v) is 3.24. The van der Waals surface area contributed by atoms with Crippen LogP contribution in [0.4, 0.5) is 0 Å². The van der Waals surface area contributed by atoms with E-state index in [1.807, 2.05) is 29.5 Å². The smallest absolute Gasteiger partial charge is 0.274 e. The van der Waals surface area contributed by atoms with Gasteiger partial charge in [0.25, 0.3) is 5.91 Å². The van der Waals surface area contributed by atoms with Crippen LogP contribution in [-0.4, -0.2) is 45.7 Å². The van der Waals surface area contributed by atoms with Crippen LogP contribution in [-0.2, 0) is 4.79 Å². The molecule has 3 rings (SSSR count). The van der Waals surface area contributed by atoms with Gasteiger partial charge in [0.05, 0.1) is 6.54 Å². The van der Waals surface area contributed by atoms with Crippen molar-refractivity contribution in [3.63, 3.8) is 0 Å². The molecule has 3 heterocycles. The van der Waals surface area contributed by atoms with Gasteiger partial charge in [0.1, 0.15) is 11.3 Å². The maximum Gasteiger partial charge on any atom is 0.274 e. The Morgan fingerprint density at radius 1 is 1.42 bits per heavy atom. The van der Waals surface area contributed by atoms with Crippen molar-refractivity contribution in [2.45, 2.75) is 6.92 Å². The van der Waals surface area contributed by atoms with Crippen molar-refractivity contribution < 1.29 is 9.59 Å². The number of imidazole rings is 1. The molecule has 0 aliphatic carbocycles. The maximum atomic E-state index is 12.3. The van der Waals surface area contributed by atoms with Gasteiger partial charge in [-0.05, 0) is 19.1 Å². The molecule has 1 aliphatic rings. The van der Waals surface area contributed by atoms with Gasteiger partial charge >= 0.3 is 0 Å². The highest BCUT2D eigenvalue weighted by Crippen LogP contribution is 2.11. The van der Waals surface area contributed by atoms with Crippen LogP contribution in [0.15, 0.2) is 24.4 Å². The first kappa shape index (κ1) is 11.7. The maximum absolute atomic E-state index is 12.3. The van der Waals surface area contributed by atoms with Gasteiger partial charge in [0.2, 0.25) is 5.91 Å². The van der Waals surface area contributed by atoms with Gasteiger partial charge in [-0.2, -0.15) is 0 Å². The van der Waals surface area contributed by atoms with Crippen LogP contribution >= 0.6 is 0 Å². The fraction of sp³-hybridized carbons (Fsp3) is 0.308.